The maximum absolute atomic E-state index is 12.9. The summed E-state index contributed by atoms with van der Waals surface area (Å²) in [6, 6.07) is 20.5. The predicted molar refractivity (Wildman–Crippen MR) is 109 cm³/mol. The lowest BCUT2D eigenvalue weighted by molar-refractivity contribution is -0.135. The van der Waals surface area contributed by atoms with Gasteiger partial charge < -0.3 is 4.74 Å². The van der Waals surface area contributed by atoms with Gasteiger partial charge in [0.05, 0.1) is 11.8 Å². The number of carbonyl (C=O) groups is 2. The van der Waals surface area contributed by atoms with E-state index in [0.717, 1.165) is 22.4 Å². The minimum Gasteiger partial charge on any atom is -0.484 e. The minimum atomic E-state index is -0.205. The standard InChI is InChI=1S/C22H18N2O3S/c25-14-16-8-10-18(11-9-16)27-15-22(26)24-20(21-7-4-12-28-21)13-19(23-24)17-5-2-1-3-6-17/h1-12,14,20H,13,15H2. The Balaban J connectivity index is 1.52. The van der Waals surface area contributed by atoms with Gasteiger partial charge in [0.2, 0.25) is 0 Å². The Kier molecular flexibility index (Phi) is 5.30. The number of hydrazone groups is 1. The van der Waals surface area contributed by atoms with Crippen molar-refractivity contribution < 1.29 is 14.3 Å². The zero-order valence-electron chi connectivity index (χ0n) is 15.0. The molecule has 6 heteroatoms. The molecule has 0 radical (unpaired) electrons. The molecule has 2 heterocycles. The Hall–Kier alpha value is -3.25. The first-order valence-corrected chi connectivity index (χ1v) is 9.79. The molecule has 28 heavy (non-hydrogen) atoms. The number of carbonyl (C=O) groups excluding carboxylic acids is 2. The number of hydrogen-bond donors (Lipinski definition) is 0. The van der Waals surface area contributed by atoms with Crippen LogP contribution in [0.5, 0.6) is 5.75 Å². The van der Waals surface area contributed by atoms with Crippen molar-refractivity contribution in [3.8, 4) is 5.75 Å². The summed E-state index contributed by atoms with van der Waals surface area (Å²) < 4.78 is 5.61. The molecule has 0 N–H and O–H groups in total. The van der Waals surface area contributed by atoms with E-state index in [1.54, 1.807) is 35.6 Å². The van der Waals surface area contributed by atoms with Crippen molar-refractivity contribution in [2.75, 3.05) is 6.61 Å². The van der Waals surface area contributed by atoms with Gasteiger partial charge in [0, 0.05) is 16.9 Å². The quantitative estimate of drug-likeness (QED) is 0.589. The van der Waals surface area contributed by atoms with Crippen LogP contribution >= 0.6 is 11.3 Å². The van der Waals surface area contributed by atoms with Crippen LogP contribution in [0.4, 0.5) is 0 Å². The first-order valence-electron chi connectivity index (χ1n) is 8.91. The van der Waals surface area contributed by atoms with Crippen LogP contribution in [0.3, 0.4) is 0 Å². The molecule has 1 aliphatic heterocycles. The van der Waals surface area contributed by atoms with Crippen LogP contribution < -0.4 is 4.74 Å². The summed E-state index contributed by atoms with van der Waals surface area (Å²) in [5, 5.41) is 8.16. The summed E-state index contributed by atoms with van der Waals surface area (Å²) in [4.78, 5) is 24.7. The van der Waals surface area contributed by atoms with Crippen LogP contribution in [0, 0.1) is 0 Å². The van der Waals surface area contributed by atoms with Gasteiger partial charge in [-0.2, -0.15) is 5.10 Å². The van der Waals surface area contributed by atoms with Gasteiger partial charge in [0.25, 0.3) is 5.91 Å². The van der Waals surface area contributed by atoms with Crippen LogP contribution in [-0.4, -0.2) is 29.5 Å². The van der Waals surface area contributed by atoms with Gasteiger partial charge >= 0.3 is 0 Å². The first kappa shape index (κ1) is 18.1. The number of hydrogen-bond acceptors (Lipinski definition) is 5. The third kappa shape index (κ3) is 3.87. The number of aldehydes is 1. The van der Waals surface area contributed by atoms with E-state index in [9.17, 15) is 9.59 Å². The van der Waals surface area contributed by atoms with Crippen molar-refractivity contribution in [2.45, 2.75) is 12.5 Å². The molecule has 5 nitrogen and oxygen atoms in total. The SMILES string of the molecule is O=Cc1ccc(OCC(=O)N2N=C(c3ccccc3)CC2c2cccs2)cc1. The molecule has 0 saturated heterocycles. The van der Waals surface area contributed by atoms with Crippen molar-refractivity contribution in [3.63, 3.8) is 0 Å². The lowest BCUT2D eigenvalue weighted by Crippen LogP contribution is -2.31. The highest BCUT2D eigenvalue weighted by molar-refractivity contribution is 7.10. The lowest BCUT2D eigenvalue weighted by Gasteiger charge is -2.20. The van der Waals surface area contributed by atoms with E-state index in [4.69, 9.17) is 4.74 Å². The summed E-state index contributed by atoms with van der Waals surface area (Å²) in [7, 11) is 0. The Labute approximate surface area is 166 Å². The zero-order valence-corrected chi connectivity index (χ0v) is 15.8. The normalized spacial score (nSPS) is 15.9. The molecule has 1 unspecified atom stereocenters. The van der Waals surface area contributed by atoms with Gasteiger partial charge in [-0.1, -0.05) is 36.4 Å². The molecule has 2 aromatic carbocycles. The van der Waals surface area contributed by atoms with Gasteiger partial charge in [-0.05, 0) is 41.3 Å². The largest absolute Gasteiger partial charge is 0.484 e. The minimum absolute atomic E-state index is 0.117. The fraction of sp³-hybridized carbons (Fsp3) is 0.136. The van der Waals surface area contributed by atoms with E-state index in [1.165, 1.54) is 5.01 Å². The van der Waals surface area contributed by atoms with Gasteiger partial charge in [0.1, 0.15) is 12.0 Å². The third-order valence-electron chi connectivity index (χ3n) is 4.52. The molecule has 140 valence electrons. The van der Waals surface area contributed by atoms with E-state index >= 15 is 0 Å². The van der Waals surface area contributed by atoms with E-state index in [1.807, 2.05) is 47.8 Å². The number of rotatable bonds is 6. The second kappa shape index (κ2) is 8.19. The second-order valence-electron chi connectivity index (χ2n) is 6.36. The predicted octanol–water partition coefficient (Wildman–Crippen LogP) is 4.32. The lowest BCUT2D eigenvalue weighted by atomic mass is 10.0. The van der Waals surface area contributed by atoms with Crippen molar-refractivity contribution in [1.29, 1.82) is 0 Å². The zero-order chi connectivity index (χ0) is 19.3. The number of benzene rings is 2. The van der Waals surface area contributed by atoms with Crippen LogP contribution in [0.1, 0.15) is 33.3 Å². The van der Waals surface area contributed by atoms with Crippen LogP contribution in [-0.2, 0) is 4.79 Å². The van der Waals surface area contributed by atoms with Gasteiger partial charge in [-0.25, -0.2) is 5.01 Å². The topological polar surface area (TPSA) is 59.0 Å². The fourth-order valence-electron chi connectivity index (χ4n) is 3.10. The second-order valence-corrected chi connectivity index (χ2v) is 7.34. The van der Waals surface area contributed by atoms with Crippen molar-refractivity contribution in [2.24, 2.45) is 5.10 Å². The highest BCUT2D eigenvalue weighted by atomic mass is 32.1. The molecule has 0 bridgehead atoms. The molecule has 0 aliphatic carbocycles. The molecule has 4 rings (SSSR count). The average molecular weight is 390 g/mol. The molecular weight excluding hydrogens is 372 g/mol. The van der Waals surface area contributed by atoms with Crippen LogP contribution in [0.15, 0.2) is 77.2 Å². The summed E-state index contributed by atoms with van der Waals surface area (Å²) >= 11 is 1.62. The fourth-order valence-corrected chi connectivity index (χ4v) is 3.91. The maximum atomic E-state index is 12.9. The molecule has 0 saturated carbocycles. The van der Waals surface area contributed by atoms with Gasteiger partial charge in [-0.3, -0.25) is 9.59 Å². The summed E-state index contributed by atoms with van der Waals surface area (Å²) in [6.45, 7) is -0.117. The van der Waals surface area contributed by atoms with Crippen molar-refractivity contribution >= 4 is 29.2 Å². The van der Waals surface area contributed by atoms with Crippen molar-refractivity contribution in [3.05, 3.63) is 88.1 Å². The molecular formula is C22H18N2O3S. The number of nitrogens with zero attached hydrogens (tertiary/aromatic N) is 2. The Morgan fingerprint density at radius 1 is 1.11 bits per heavy atom. The maximum Gasteiger partial charge on any atom is 0.281 e. The van der Waals surface area contributed by atoms with Crippen LogP contribution in [0.2, 0.25) is 0 Å². The number of thiophene rings is 1. The molecule has 1 aromatic heterocycles. The highest BCUT2D eigenvalue weighted by Crippen LogP contribution is 2.35. The average Bonchev–Trinajstić information content (AvgIpc) is 3.43. The molecule has 3 aromatic rings. The Morgan fingerprint density at radius 2 is 1.89 bits per heavy atom. The van der Waals surface area contributed by atoms with Gasteiger partial charge in [0.15, 0.2) is 6.61 Å². The first-order chi connectivity index (χ1) is 13.7. The molecule has 0 spiro atoms. The monoisotopic (exact) mass is 390 g/mol. The van der Waals surface area contributed by atoms with E-state index in [2.05, 4.69) is 5.10 Å². The molecule has 1 amide bonds. The van der Waals surface area contributed by atoms with E-state index in [0.29, 0.717) is 17.7 Å². The summed E-state index contributed by atoms with van der Waals surface area (Å²) in [6.07, 6.45) is 1.44. The number of ether oxygens (including phenoxy) is 1. The molecule has 1 atom stereocenters. The van der Waals surface area contributed by atoms with Crippen LogP contribution in [0.25, 0.3) is 0 Å². The highest BCUT2D eigenvalue weighted by Gasteiger charge is 2.33. The van der Waals surface area contributed by atoms with E-state index in [-0.39, 0.29) is 18.6 Å². The van der Waals surface area contributed by atoms with Crippen molar-refractivity contribution in [1.82, 2.24) is 5.01 Å². The number of amides is 1. The summed E-state index contributed by atoms with van der Waals surface area (Å²) in [5.41, 5.74) is 2.47. The summed E-state index contributed by atoms with van der Waals surface area (Å²) in [5.74, 6) is 0.335. The van der Waals surface area contributed by atoms with Gasteiger partial charge in [-0.15, -0.1) is 11.3 Å². The Morgan fingerprint density at radius 3 is 2.57 bits per heavy atom. The molecule has 1 aliphatic rings. The third-order valence-corrected chi connectivity index (χ3v) is 5.50. The smallest absolute Gasteiger partial charge is 0.281 e. The van der Waals surface area contributed by atoms with E-state index < -0.39 is 0 Å². The molecule has 0 fully saturated rings. The Bertz CT molecular complexity index is 982.